The first-order valence-electron chi connectivity index (χ1n) is 3.95. The second-order valence-corrected chi connectivity index (χ2v) is 2.89. The Kier molecular flexibility index (Phi) is 2.48. The van der Waals surface area contributed by atoms with E-state index in [1.807, 2.05) is 6.92 Å². The monoisotopic (exact) mass is 152 g/mol. The minimum absolute atomic E-state index is 0.110. The SMILES string of the molecule is CCNC(=O)C1CC(C#N)C1. The van der Waals surface area contributed by atoms with Crippen LogP contribution < -0.4 is 5.32 Å². The molecule has 0 heterocycles. The lowest BCUT2D eigenvalue weighted by atomic mass is 9.75. The number of nitrogens with one attached hydrogen (secondary N) is 1. The van der Waals surface area contributed by atoms with Crippen molar-refractivity contribution in [3.8, 4) is 6.07 Å². The Balaban J connectivity index is 2.22. The molecule has 11 heavy (non-hydrogen) atoms. The number of amides is 1. The molecule has 0 aromatic carbocycles. The fraction of sp³-hybridized carbons (Fsp3) is 0.750. The van der Waals surface area contributed by atoms with Crippen LogP contribution in [0, 0.1) is 23.2 Å². The molecule has 3 nitrogen and oxygen atoms in total. The largest absolute Gasteiger partial charge is 0.356 e. The molecule has 0 aromatic heterocycles. The van der Waals surface area contributed by atoms with Crippen molar-refractivity contribution in [1.82, 2.24) is 5.32 Å². The van der Waals surface area contributed by atoms with Crippen molar-refractivity contribution < 1.29 is 4.79 Å². The molecule has 0 unspecified atom stereocenters. The number of carbonyl (C=O) groups excluding carboxylic acids is 1. The molecule has 0 saturated heterocycles. The van der Waals surface area contributed by atoms with Gasteiger partial charge < -0.3 is 5.32 Å². The smallest absolute Gasteiger partial charge is 0.223 e. The molecule has 1 saturated carbocycles. The summed E-state index contributed by atoms with van der Waals surface area (Å²) in [5.41, 5.74) is 0. The predicted molar refractivity (Wildman–Crippen MR) is 40.5 cm³/mol. The van der Waals surface area contributed by atoms with Gasteiger partial charge in [0.15, 0.2) is 0 Å². The van der Waals surface area contributed by atoms with E-state index >= 15 is 0 Å². The van der Waals surface area contributed by atoms with Crippen molar-refractivity contribution in [2.45, 2.75) is 19.8 Å². The highest BCUT2D eigenvalue weighted by atomic mass is 16.1. The zero-order chi connectivity index (χ0) is 8.27. The third-order valence-electron chi connectivity index (χ3n) is 2.04. The quantitative estimate of drug-likeness (QED) is 0.632. The summed E-state index contributed by atoms with van der Waals surface area (Å²) in [5.74, 6) is 0.348. The maximum Gasteiger partial charge on any atom is 0.223 e. The Morgan fingerprint density at radius 1 is 1.73 bits per heavy atom. The molecular formula is C8H12N2O. The first-order chi connectivity index (χ1) is 5.27. The van der Waals surface area contributed by atoms with Crippen molar-refractivity contribution in [3.63, 3.8) is 0 Å². The van der Waals surface area contributed by atoms with Gasteiger partial charge in [-0.05, 0) is 19.8 Å². The average molecular weight is 152 g/mol. The van der Waals surface area contributed by atoms with Crippen LogP contribution in [0.25, 0.3) is 0 Å². The normalized spacial score (nSPS) is 28.4. The van der Waals surface area contributed by atoms with Gasteiger partial charge in [0.05, 0.1) is 6.07 Å². The van der Waals surface area contributed by atoms with E-state index in [1.54, 1.807) is 0 Å². The van der Waals surface area contributed by atoms with Gasteiger partial charge in [-0.3, -0.25) is 4.79 Å². The van der Waals surface area contributed by atoms with Crippen LogP contribution in [0.3, 0.4) is 0 Å². The molecule has 1 rings (SSSR count). The maximum atomic E-state index is 11.1. The standard InChI is InChI=1S/C8H12N2O/c1-2-10-8(11)7-3-6(4-7)5-9/h6-7H,2-4H2,1H3,(H,10,11). The number of rotatable bonds is 2. The first kappa shape index (κ1) is 8.06. The Labute approximate surface area is 66.4 Å². The molecule has 0 aliphatic heterocycles. The lowest BCUT2D eigenvalue weighted by Crippen LogP contribution is -2.38. The zero-order valence-corrected chi connectivity index (χ0v) is 6.63. The van der Waals surface area contributed by atoms with Crippen LogP contribution in [0.15, 0.2) is 0 Å². The molecule has 60 valence electrons. The molecule has 1 amide bonds. The summed E-state index contributed by atoms with van der Waals surface area (Å²) in [6, 6.07) is 2.15. The highest BCUT2D eigenvalue weighted by molar-refractivity contribution is 5.79. The van der Waals surface area contributed by atoms with Gasteiger partial charge in [0.25, 0.3) is 0 Å². The van der Waals surface area contributed by atoms with E-state index in [0.29, 0.717) is 6.54 Å². The molecule has 1 N–H and O–H groups in total. The second kappa shape index (κ2) is 3.38. The molecule has 0 aromatic rings. The van der Waals surface area contributed by atoms with Crippen LogP contribution in [0.5, 0.6) is 0 Å². The fourth-order valence-corrected chi connectivity index (χ4v) is 1.26. The van der Waals surface area contributed by atoms with Crippen molar-refractivity contribution in [2.75, 3.05) is 6.54 Å². The Bertz CT molecular complexity index is 189. The summed E-state index contributed by atoms with van der Waals surface area (Å²) in [6.07, 6.45) is 1.50. The molecule has 1 aliphatic carbocycles. The van der Waals surface area contributed by atoms with Gasteiger partial charge >= 0.3 is 0 Å². The van der Waals surface area contributed by atoms with Gasteiger partial charge in [0.2, 0.25) is 5.91 Å². The summed E-state index contributed by atoms with van der Waals surface area (Å²) in [7, 11) is 0. The molecule has 1 fully saturated rings. The van der Waals surface area contributed by atoms with Crippen molar-refractivity contribution in [3.05, 3.63) is 0 Å². The van der Waals surface area contributed by atoms with Crippen LogP contribution in [0.2, 0.25) is 0 Å². The lowest BCUT2D eigenvalue weighted by molar-refractivity contribution is -0.128. The third kappa shape index (κ3) is 1.70. The fourth-order valence-electron chi connectivity index (χ4n) is 1.26. The third-order valence-corrected chi connectivity index (χ3v) is 2.04. The maximum absolute atomic E-state index is 11.1. The summed E-state index contributed by atoms with van der Waals surface area (Å²) < 4.78 is 0. The van der Waals surface area contributed by atoms with Gasteiger partial charge in [0, 0.05) is 18.4 Å². The number of hydrogen-bond acceptors (Lipinski definition) is 2. The minimum Gasteiger partial charge on any atom is -0.356 e. The average Bonchev–Trinajstić information content (AvgIpc) is 1.86. The molecular weight excluding hydrogens is 140 g/mol. The molecule has 0 radical (unpaired) electrons. The second-order valence-electron chi connectivity index (χ2n) is 2.89. The lowest BCUT2D eigenvalue weighted by Gasteiger charge is -2.28. The Morgan fingerprint density at radius 3 is 2.82 bits per heavy atom. The molecule has 1 aliphatic rings. The van der Waals surface area contributed by atoms with E-state index in [1.165, 1.54) is 0 Å². The van der Waals surface area contributed by atoms with E-state index in [9.17, 15) is 4.79 Å². The number of carbonyl (C=O) groups is 1. The molecule has 3 heteroatoms. The Morgan fingerprint density at radius 2 is 2.36 bits per heavy atom. The van der Waals surface area contributed by atoms with Gasteiger partial charge in [-0.2, -0.15) is 5.26 Å². The van der Waals surface area contributed by atoms with Gasteiger partial charge in [-0.1, -0.05) is 0 Å². The number of nitriles is 1. The topological polar surface area (TPSA) is 52.9 Å². The predicted octanol–water partition coefficient (Wildman–Crippen LogP) is 0.672. The minimum atomic E-state index is 0.110. The van der Waals surface area contributed by atoms with E-state index in [2.05, 4.69) is 11.4 Å². The van der Waals surface area contributed by atoms with Crippen molar-refractivity contribution >= 4 is 5.91 Å². The first-order valence-corrected chi connectivity index (χ1v) is 3.95. The molecule has 0 spiro atoms. The van der Waals surface area contributed by atoms with E-state index in [4.69, 9.17) is 5.26 Å². The van der Waals surface area contributed by atoms with Crippen LogP contribution >= 0.6 is 0 Å². The van der Waals surface area contributed by atoms with E-state index in [0.717, 1.165) is 12.8 Å². The number of nitrogens with zero attached hydrogens (tertiary/aromatic N) is 1. The number of hydrogen-bond donors (Lipinski definition) is 1. The summed E-state index contributed by atoms with van der Waals surface area (Å²) in [4.78, 5) is 11.1. The van der Waals surface area contributed by atoms with Crippen LogP contribution in [-0.2, 0) is 4.79 Å². The Hall–Kier alpha value is -1.04. The van der Waals surface area contributed by atoms with Gasteiger partial charge in [0.1, 0.15) is 0 Å². The van der Waals surface area contributed by atoms with Crippen LogP contribution in [-0.4, -0.2) is 12.5 Å². The summed E-state index contributed by atoms with van der Waals surface area (Å²) in [6.45, 7) is 2.59. The van der Waals surface area contributed by atoms with Crippen LogP contribution in [0.4, 0.5) is 0 Å². The van der Waals surface area contributed by atoms with Crippen molar-refractivity contribution in [1.29, 1.82) is 5.26 Å². The summed E-state index contributed by atoms with van der Waals surface area (Å²) in [5, 5.41) is 11.2. The van der Waals surface area contributed by atoms with Gasteiger partial charge in [-0.25, -0.2) is 0 Å². The van der Waals surface area contributed by atoms with Crippen LogP contribution in [0.1, 0.15) is 19.8 Å². The van der Waals surface area contributed by atoms with E-state index in [-0.39, 0.29) is 17.7 Å². The van der Waals surface area contributed by atoms with E-state index < -0.39 is 0 Å². The summed E-state index contributed by atoms with van der Waals surface area (Å²) >= 11 is 0. The molecule has 0 atom stereocenters. The highest BCUT2D eigenvalue weighted by Crippen LogP contribution is 2.32. The zero-order valence-electron chi connectivity index (χ0n) is 6.63. The highest BCUT2D eigenvalue weighted by Gasteiger charge is 2.33. The van der Waals surface area contributed by atoms with Gasteiger partial charge in [-0.15, -0.1) is 0 Å². The van der Waals surface area contributed by atoms with Crippen molar-refractivity contribution in [2.24, 2.45) is 11.8 Å². The molecule has 0 bridgehead atoms.